The topological polar surface area (TPSA) is 38.7 Å². The van der Waals surface area contributed by atoms with Crippen LogP contribution in [-0.2, 0) is 0 Å². The first-order chi connectivity index (χ1) is 11.3. The number of hydrogen-bond acceptors (Lipinski definition) is 3. The quantitative estimate of drug-likeness (QED) is 0.465. The minimum absolute atomic E-state index is 0.583. The lowest BCUT2D eigenvalue weighted by Gasteiger charge is -2.10. The van der Waals surface area contributed by atoms with Gasteiger partial charge in [-0.25, -0.2) is 9.97 Å². The number of hydrogen-bond donors (Lipinski definition) is 0. The molecular weight excluding hydrogens is 350 g/mol. The summed E-state index contributed by atoms with van der Waals surface area (Å²) in [5.41, 5.74) is 4.09. The highest BCUT2D eigenvalue weighted by atomic mass is 79.9. The number of nitrogens with zero attached hydrogens (tertiary/aromatic N) is 3. The van der Waals surface area contributed by atoms with Crippen molar-refractivity contribution in [3.63, 3.8) is 0 Å². The molecule has 0 saturated carbocycles. The monoisotopic (exact) mass is 361 g/mol. The molecule has 0 aliphatic carbocycles. The maximum Gasteiger partial charge on any atom is 0.196 e. The number of pyridine rings is 1. The second-order valence-electron chi connectivity index (χ2n) is 5.17. The van der Waals surface area contributed by atoms with E-state index >= 15 is 0 Å². The van der Waals surface area contributed by atoms with Gasteiger partial charge in [-0.2, -0.15) is 0 Å². The van der Waals surface area contributed by atoms with Gasteiger partial charge in [0.1, 0.15) is 0 Å². The highest BCUT2D eigenvalue weighted by molar-refractivity contribution is 9.10. The van der Waals surface area contributed by atoms with Crippen LogP contribution in [0, 0.1) is 0 Å². The molecule has 0 unspecified atom stereocenters. The molecule has 4 heteroatoms. The molecule has 0 amide bonds. The summed E-state index contributed by atoms with van der Waals surface area (Å²) in [7, 11) is 0. The van der Waals surface area contributed by atoms with Crippen molar-refractivity contribution in [3.05, 3.63) is 77.9 Å². The van der Waals surface area contributed by atoms with Crippen LogP contribution in [0.5, 0.6) is 0 Å². The first kappa shape index (κ1) is 14.0. The molecule has 110 valence electrons. The fourth-order valence-corrected chi connectivity index (χ4v) is 2.90. The average molecular weight is 362 g/mol. The van der Waals surface area contributed by atoms with Crippen molar-refractivity contribution in [3.8, 4) is 22.4 Å². The maximum atomic E-state index is 4.71. The maximum absolute atomic E-state index is 4.71. The zero-order valence-electron chi connectivity index (χ0n) is 12.1. The van der Waals surface area contributed by atoms with Gasteiger partial charge in [-0.1, -0.05) is 54.6 Å². The molecule has 0 N–H and O–H groups in total. The van der Waals surface area contributed by atoms with Crippen LogP contribution in [-0.4, -0.2) is 15.0 Å². The van der Waals surface area contributed by atoms with E-state index in [9.17, 15) is 0 Å². The number of benzene rings is 2. The molecule has 3 nitrogen and oxygen atoms in total. The third-order valence-electron chi connectivity index (χ3n) is 3.77. The average Bonchev–Trinajstić information content (AvgIpc) is 2.62. The van der Waals surface area contributed by atoms with Crippen molar-refractivity contribution in [2.45, 2.75) is 0 Å². The Morgan fingerprint density at radius 1 is 0.609 bits per heavy atom. The van der Waals surface area contributed by atoms with Gasteiger partial charge in [0.25, 0.3) is 0 Å². The van der Waals surface area contributed by atoms with Crippen molar-refractivity contribution in [2.75, 3.05) is 0 Å². The molecule has 0 fully saturated rings. The highest BCUT2D eigenvalue weighted by Crippen LogP contribution is 2.33. The predicted molar refractivity (Wildman–Crippen MR) is 95.9 cm³/mol. The fraction of sp³-hybridized carbons (Fsp3) is 0. The molecule has 2 aromatic heterocycles. The third kappa shape index (κ3) is 2.62. The summed E-state index contributed by atoms with van der Waals surface area (Å²) in [4.78, 5) is 13.1. The van der Waals surface area contributed by atoms with Crippen LogP contribution in [0.2, 0.25) is 0 Å². The lowest BCUT2D eigenvalue weighted by Crippen LogP contribution is -1.91. The van der Waals surface area contributed by atoms with Gasteiger partial charge in [0.2, 0.25) is 0 Å². The van der Waals surface area contributed by atoms with Gasteiger partial charge in [-0.05, 0) is 21.3 Å². The summed E-state index contributed by atoms with van der Waals surface area (Å²) in [5, 5.41) is 2.27. The second kappa shape index (κ2) is 5.89. The molecule has 0 atom stereocenters. The largest absolute Gasteiger partial charge is 0.255 e. The van der Waals surface area contributed by atoms with Gasteiger partial charge in [0, 0.05) is 40.7 Å². The van der Waals surface area contributed by atoms with E-state index in [2.05, 4.69) is 50.2 Å². The second-order valence-corrected chi connectivity index (χ2v) is 5.88. The van der Waals surface area contributed by atoms with E-state index < -0.39 is 0 Å². The van der Waals surface area contributed by atoms with E-state index in [1.165, 1.54) is 0 Å². The van der Waals surface area contributed by atoms with E-state index in [1.807, 2.05) is 48.9 Å². The summed E-state index contributed by atoms with van der Waals surface area (Å²) in [6.07, 6.45) is 5.52. The number of fused-ring (bicyclic) bond motifs is 1. The van der Waals surface area contributed by atoms with E-state index in [-0.39, 0.29) is 0 Å². The van der Waals surface area contributed by atoms with E-state index in [4.69, 9.17) is 4.98 Å². The highest BCUT2D eigenvalue weighted by Gasteiger charge is 2.10. The summed E-state index contributed by atoms with van der Waals surface area (Å²) < 4.78 is 0.583. The van der Waals surface area contributed by atoms with Gasteiger partial charge in [-0.15, -0.1) is 0 Å². The number of halogens is 1. The van der Waals surface area contributed by atoms with Gasteiger partial charge in [0.15, 0.2) is 4.73 Å². The zero-order chi connectivity index (χ0) is 15.6. The molecule has 0 aliphatic rings. The Morgan fingerprint density at radius 3 is 2.00 bits per heavy atom. The summed E-state index contributed by atoms with van der Waals surface area (Å²) in [6, 6.07) is 18.5. The predicted octanol–water partition coefficient (Wildman–Crippen LogP) is 5.12. The van der Waals surface area contributed by atoms with Gasteiger partial charge >= 0.3 is 0 Å². The molecule has 0 radical (unpaired) electrons. The van der Waals surface area contributed by atoms with Gasteiger partial charge < -0.3 is 0 Å². The van der Waals surface area contributed by atoms with E-state index in [1.54, 1.807) is 0 Å². The van der Waals surface area contributed by atoms with Crippen molar-refractivity contribution in [1.29, 1.82) is 0 Å². The molecule has 0 aliphatic heterocycles. The molecule has 0 bridgehead atoms. The van der Waals surface area contributed by atoms with Crippen LogP contribution in [0.3, 0.4) is 0 Å². The Bertz CT molecular complexity index is 967. The van der Waals surface area contributed by atoms with Crippen molar-refractivity contribution >= 4 is 26.7 Å². The molecule has 4 rings (SSSR count). The van der Waals surface area contributed by atoms with E-state index in [0.717, 1.165) is 33.2 Å². The number of aromatic nitrogens is 3. The Morgan fingerprint density at radius 2 is 1.26 bits per heavy atom. The van der Waals surface area contributed by atoms with Crippen molar-refractivity contribution < 1.29 is 0 Å². The molecule has 2 aromatic carbocycles. The summed E-state index contributed by atoms with van der Waals surface area (Å²) in [6.45, 7) is 0. The van der Waals surface area contributed by atoms with Crippen LogP contribution in [0.25, 0.3) is 33.2 Å². The van der Waals surface area contributed by atoms with Gasteiger partial charge in [-0.3, -0.25) is 4.98 Å². The number of rotatable bonds is 2. The Balaban J connectivity index is 1.97. The van der Waals surface area contributed by atoms with E-state index in [0.29, 0.717) is 4.73 Å². The van der Waals surface area contributed by atoms with Crippen LogP contribution in [0.4, 0.5) is 0 Å². The molecule has 4 aromatic rings. The molecule has 0 saturated heterocycles. The lowest BCUT2D eigenvalue weighted by atomic mass is 9.98. The van der Waals surface area contributed by atoms with Crippen molar-refractivity contribution in [1.82, 2.24) is 15.0 Å². The Labute approximate surface area is 142 Å². The minimum atomic E-state index is 0.583. The minimum Gasteiger partial charge on any atom is -0.255 e. The fourth-order valence-electron chi connectivity index (χ4n) is 2.70. The Kier molecular flexibility index (Phi) is 3.60. The molecule has 2 heterocycles. The lowest BCUT2D eigenvalue weighted by molar-refractivity contribution is 1.11. The normalized spacial score (nSPS) is 10.8. The third-order valence-corrected chi connectivity index (χ3v) is 4.18. The van der Waals surface area contributed by atoms with Gasteiger partial charge in [0.05, 0.1) is 5.69 Å². The molecule has 23 heavy (non-hydrogen) atoms. The smallest absolute Gasteiger partial charge is 0.196 e. The molecular formula is C19H12BrN3. The zero-order valence-corrected chi connectivity index (χ0v) is 13.7. The first-order valence-electron chi connectivity index (χ1n) is 7.24. The summed E-state index contributed by atoms with van der Waals surface area (Å²) >= 11 is 3.27. The molecule has 0 spiro atoms. The van der Waals surface area contributed by atoms with Crippen LogP contribution in [0.1, 0.15) is 0 Å². The SMILES string of the molecule is Brc1ncc(-c2cnc(-c3ccccc3)c3ccccc23)cn1. The Hall–Kier alpha value is -2.59. The summed E-state index contributed by atoms with van der Waals surface area (Å²) in [5.74, 6) is 0. The van der Waals surface area contributed by atoms with Crippen LogP contribution in [0.15, 0.2) is 77.9 Å². The standard InChI is InChI=1S/C19H12BrN3/c20-19-22-10-14(11-23-19)17-12-21-18(13-6-2-1-3-7-13)16-9-5-4-8-15(16)17/h1-12H. The van der Waals surface area contributed by atoms with Crippen LogP contribution < -0.4 is 0 Å². The van der Waals surface area contributed by atoms with Crippen molar-refractivity contribution in [2.24, 2.45) is 0 Å². The first-order valence-corrected chi connectivity index (χ1v) is 8.03. The van der Waals surface area contributed by atoms with Crippen LogP contribution >= 0.6 is 15.9 Å².